The lowest BCUT2D eigenvalue weighted by molar-refractivity contribution is -0.757. The number of thioether (sulfide) groups is 1. The quantitative estimate of drug-likeness (QED) is 0.367. The summed E-state index contributed by atoms with van der Waals surface area (Å²) in [5.74, 6) is 0.408. The number of carboxylic acids is 1. The van der Waals surface area contributed by atoms with E-state index in [1.165, 1.54) is 18.9 Å². The number of hydrogen-bond donors (Lipinski definition) is 2. The van der Waals surface area contributed by atoms with Crippen LogP contribution in [0.3, 0.4) is 0 Å². The standard InChI is InChI=1S/C13H15BrN2O7S/c1-21-10-5-7(12-15-9(6-24-12)13(17)18)4-8(14)11(10)22-2-3-23-16(19)20/h4-5,9,12,15H,2-3,6H2,1H3,(H,17,18). The van der Waals surface area contributed by atoms with Gasteiger partial charge in [0.2, 0.25) is 0 Å². The lowest BCUT2D eigenvalue weighted by atomic mass is 10.2. The van der Waals surface area contributed by atoms with Gasteiger partial charge in [0.1, 0.15) is 19.3 Å². The first-order chi connectivity index (χ1) is 11.4. The van der Waals surface area contributed by atoms with Gasteiger partial charge in [-0.3, -0.25) is 10.1 Å². The summed E-state index contributed by atoms with van der Waals surface area (Å²) >= 11 is 4.86. The van der Waals surface area contributed by atoms with Crippen molar-refractivity contribution in [2.24, 2.45) is 0 Å². The van der Waals surface area contributed by atoms with Gasteiger partial charge >= 0.3 is 5.97 Å². The second kappa shape index (κ2) is 8.40. The minimum atomic E-state index is -0.888. The van der Waals surface area contributed by atoms with E-state index in [0.717, 1.165) is 5.56 Å². The first-order valence-electron chi connectivity index (χ1n) is 6.80. The molecule has 0 bridgehead atoms. The molecule has 1 aromatic rings. The zero-order chi connectivity index (χ0) is 17.7. The molecule has 2 atom stereocenters. The van der Waals surface area contributed by atoms with E-state index < -0.39 is 17.1 Å². The third-order valence-electron chi connectivity index (χ3n) is 3.16. The van der Waals surface area contributed by atoms with Crippen molar-refractivity contribution in [2.75, 3.05) is 26.1 Å². The first-order valence-corrected chi connectivity index (χ1v) is 8.64. The molecule has 24 heavy (non-hydrogen) atoms. The van der Waals surface area contributed by atoms with Gasteiger partial charge in [0.15, 0.2) is 11.5 Å². The van der Waals surface area contributed by atoms with Gasteiger partial charge in [-0.05, 0) is 33.6 Å². The Kier molecular flexibility index (Phi) is 6.52. The molecule has 132 valence electrons. The fourth-order valence-corrected chi connectivity index (χ4v) is 3.88. The van der Waals surface area contributed by atoms with E-state index in [1.54, 1.807) is 12.1 Å². The maximum absolute atomic E-state index is 11.0. The summed E-state index contributed by atoms with van der Waals surface area (Å²) in [7, 11) is 1.47. The Labute approximate surface area is 149 Å². The Morgan fingerprint density at radius 3 is 2.88 bits per heavy atom. The van der Waals surface area contributed by atoms with E-state index in [9.17, 15) is 14.9 Å². The number of carboxylic acid groups (broad SMARTS) is 1. The minimum Gasteiger partial charge on any atom is -0.493 e. The normalized spacial score (nSPS) is 19.8. The van der Waals surface area contributed by atoms with Gasteiger partial charge in [0.25, 0.3) is 5.09 Å². The number of nitrogens with one attached hydrogen (secondary N) is 1. The van der Waals surface area contributed by atoms with Gasteiger partial charge in [-0.15, -0.1) is 21.9 Å². The average Bonchev–Trinajstić information content (AvgIpc) is 3.02. The zero-order valence-electron chi connectivity index (χ0n) is 12.6. The topological polar surface area (TPSA) is 120 Å². The molecule has 0 amide bonds. The lowest BCUT2D eigenvalue weighted by Crippen LogP contribution is -2.33. The van der Waals surface area contributed by atoms with Crippen LogP contribution in [-0.2, 0) is 9.63 Å². The number of ether oxygens (including phenoxy) is 2. The Morgan fingerprint density at radius 1 is 1.54 bits per heavy atom. The van der Waals surface area contributed by atoms with E-state index in [-0.39, 0.29) is 18.6 Å². The fourth-order valence-electron chi connectivity index (χ4n) is 2.09. The van der Waals surface area contributed by atoms with Gasteiger partial charge in [0.05, 0.1) is 17.0 Å². The van der Waals surface area contributed by atoms with Crippen LogP contribution in [-0.4, -0.2) is 48.3 Å². The van der Waals surface area contributed by atoms with Gasteiger partial charge in [-0.1, -0.05) is 0 Å². The molecule has 2 unspecified atom stereocenters. The van der Waals surface area contributed by atoms with Gasteiger partial charge in [0, 0.05) is 5.75 Å². The molecular weight excluding hydrogens is 408 g/mol. The highest BCUT2D eigenvalue weighted by atomic mass is 79.9. The number of halogens is 1. The molecule has 0 aromatic heterocycles. The van der Waals surface area contributed by atoms with Gasteiger partial charge < -0.3 is 19.4 Å². The smallest absolute Gasteiger partial charge is 0.321 e. The van der Waals surface area contributed by atoms with Crippen molar-refractivity contribution in [3.63, 3.8) is 0 Å². The number of benzene rings is 1. The number of nitrogens with zero attached hydrogens (tertiary/aromatic N) is 1. The molecule has 11 heteroatoms. The maximum Gasteiger partial charge on any atom is 0.321 e. The molecule has 1 saturated heterocycles. The molecule has 0 spiro atoms. The van der Waals surface area contributed by atoms with Crippen LogP contribution in [0.5, 0.6) is 11.5 Å². The van der Waals surface area contributed by atoms with E-state index in [2.05, 4.69) is 26.1 Å². The Bertz CT molecular complexity index is 631. The summed E-state index contributed by atoms with van der Waals surface area (Å²) in [5, 5.41) is 21.1. The third kappa shape index (κ3) is 4.65. The molecule has 1 fully saturated rings. The maximum atomic E-state index is 11.0. The van der Waals surface area contributed by atoms with Crippen molar-refractivity contribution in [1.82, 2.24) is 5.32 Å². The van der Waals surface area contributed by atoms with Crippen LogP contribution in [0.1, 0.15) is 10.9 Å². The molecule has 1 aromatic carbocycles. The molecule has 2 N–H and O–H groups in total. The summed E-state index contributed by atoms with van der Waals surface area (Å²) in [6.45, 7) is -0.225. The zero-order valence-corrected chi connectivity index (χ0v) is 15.0. The highest BCUT2D eigenvalue weighted by Crippen LogP contribution is 2.42. The monoisotopic (exact) mass is 422 g/mol. The van der Waals surface area contributed by atoms with Crippen LogP contribution < -0.4 is 14.8 Å². The summed E-state index contributed by atoms with van der Waals surface area (Å²) < 4.78 is 11.4. The van der Waals surface area contributed by atoms with Crippen LogP contribution in [0.25, 0.3) is 0 Å². The van der Waals surface area contributed by atoms with E-state index in [4.69, 9.17) is 14.6 Å². The van der Waals surface area contributed by atoms with Crippen molar-refractivity contribution < 1.29 is 29.3 Å². The molecule has 0 aliphatic carbocycles. The molecule has 0 radical (unpaired) electrons. The number of aliphatic carboxylic acids is 1. The molecule has 1 aliphatic rings. The summed E-state index contributed by atoms with van der Waals surface area (Å²) in [6.07, 6.45) is 0. The van der Waals surface area contributed by atoms with Crippen LogP contribution in [0.2, 0.25) is 0 Å². The van der Waals surface area contributed by atoms with Gasteiger partial charge in [-0.25, -0.2) is 0 Å². The van der Waals surface area contributed by atoms with E-state index >= 15 is 0 Å². The number of hydrogen-bond acceptors (Lipinski definition) is 8. The Hall–Kier alpha value is -1.72. The fraction of sp³-hybridized carbons (Fsp3) is 0.462. The van der Waals surface area contributed by atoms with Crippen LogP contribution in [0.15, 0.2) is 16.6 Å². The second-order valence-electron chi connectivity index (χ2n) is 4.71. The van der Waals surface area contributed by atoms with Gasteiger partial charge in [-0.2, -0.15) is 0 Å². The lowest BCUT2D eigenvalue weighted by Gasteiger charge is -2.17. The SMILES string of the molecule is COc1cc(C2NC(C(=O)O)CS2)cc(Br)c1OCCO[N+](=O)[O-]. The molecule has 1 aliphatic heterocycles. The largest absolute Gasteiger partial charge is 0.493 e. The summed E-state index contributed by atoms with van der Waals surface area (Å²) in [5.41, 5.74) is 0.835. The molecule has 2 rings (SSSR count). The summed E-state index contributed by atoms with van der Waals surface area (Å²) in [4.78, 5) is 25.3. The average molecular weight is 423 g/mol. The number of rotatable bonds is 8. The van der Waals surface area contributed by atoms with Crippen LogP contribution in [0, 0.1) is 10.1 Å². The Morgan fingerprint density at radius 2 is 2.29 bits per heavy atom. The predicted octanol–water partition coefficient (Wildman–Crippen LogP) is 1.83. The number of methoxy groups -OCH3 is 1. The first kappa shape index (κ1) is 18.6. The van der Waals surface area contributed by atoms with Crippen molar-refractivity contribution in [3.05, 3.63) is 32.3 Å². The van der Waals surface area contributed by atoms with Crippen molar-refractivity contribution in [3.8, 4) is 11.5 Å². The molecule has 1 heterocycles. The minimum absolute atomic E-state index is 0.0210. The third-order valence-corrected chi connectivity index (χ3v) is 5.02. The van der Waals surface area contributed by atoms with Crippen molar-refractivity contribution >= 4 is 33.7 Å². The van der Waals surface area contributed by atoms with Crippen molar-refractivity contribution in [1.29, 1.82) is 0 Å². The summed E-state index contributed by atoms with van der Waals surface area (Å²) in [6, 6.07) is 2.93. The van der Waals surface area contributed by atoms with Crippen LogP contribution >= 0.6 is 27.7 Å². The molecule has 9 nitrogen and oxygen atoms in total. The van der Waals surface area contributed by atoms with Crippen LogP contribution in [0.4, 0.5) is 0 Å². The Balaban J connectivity index is 2.09. The van der Waals surface area contributed by atoms with E-state index in [0.29, 0.717) is 21.7 Å². The molecule has 0 saturated carbocycles. The highest BCUT2D eigenvalue weighted by molar-refractivity contribution is 9.10. The highest BCUT2D eigenvalue weighted by Gasteiger charge is 2.31. The van der Waals surface area contributed by atoms with E-state index in [1.807, 2.05) is 0 Å². The molecular formula is C13H15BrN2O7S. The number of carbonyl (C=O) groups is 1. The van der Waals surface area contributed by atoms with Crippen molar-refractivity contribution in [2.45, 2.75) is 11.4 Å². The predicted molar refractivity (Wildman–Crippen MR) is 88.9 cm³/mol. The second-order valence-corrected chi connectivity index (χ2v) is 6.70.